The third-order valence-corrected chi connectivity index (χ3v) is 4.17. The second kappa shape index (κ2) is 6.42. The van der Waals surface area contributed by atoms with Gasteiger partial charge in [0.2, 0.25) is 0 Å². The molecule has 0 aliphatic rings. The first kappa shape index (κ1) is 15.6. The number of ether oxygens (including phenoxy) is 1. The molecule has 0 aliphatic carbocycles. The first-order chi connectivity index (χ1) is 11.1. The van der Waals surface area contributed by atoms with Gasteiger partial charge in [0.15, 0.2) is 0 Å². The number of rotatable bonds is 5. The lowest BCUT2D eigenvalue weighted by atomic mass is 10.0. The molecular formula is C19H23N3O. The summed E-state index contributed by atoms with van der Waals surface area (Å²) in [5.41, 5.74) is 5.93. The lowest BCUT2D eigenvalue weighted by molar-refractivity contribution is 0.319. The first-order valence-corrected chi connectivity index (χ1v) is 7.82. The van der Waals surface area contributed by atoms with Gasteiger partial charge in [0.05, 0.1) is 7.11 Å². The zero-order valence-corrected chi connectivity index (χ0v) is 14.2. The molecule has 4 nitrogen and oxygen atoms in total. The Kier molecular flexibility index (Phi) is 4.35. The van der Waals surface area contributed by atoms with Crippen molar-refractivity contribution >= 4 is 11.0 Å². The summed E-state index contributed by atoms with van der Waals surface area (Å²) in [7, 11) is 3.88. The van der Waals surface area contributed by atoms with Crippen LogP contribution in [-0.4, -0.2) is 29.0 Å². The molecule has 0 amide bonds. The molecule has 1 N–H and O–H groups in total. The van der Waals surface area contributed by atoms with Crippen molar-refractivity contribution in [1.82, 2.24) is 14.9 Å². The van der Waals surface area contributed by atoms with Crippen molar-refractivity contribution < 1.29 is 4.74 Å². The normalized spacial score (nSPS) is 11.3. The molecule has 3 aromatic rings. The van der Waals surface area contributed by atoms with Crippen LogP contribution in [0.4, 0.5) is 0 Å². The van der Waals surface area contributed by atoms with E-state index in [-0.39, 0.29) is 0 Å². The van der Waals surface area contributed by atoms with Crippen LogP contribution in [-0.2, 0) is 13.1 Å². The Balaban J connectivity index is 1.77. The zero-order chi connectivity index (χ0) is 16.4. The highest BCUT2D eigenvalue weighted by Gasteiger charge is 2.09. The maximum absolute atomic E-state index is 5.45. The number of hydrogen-bond acceptors (Lipinski definition) is 3. The number of methoxy groups -OCH3 is 1. The number of benzene rings is 1. The van der Waals surface area contributed by atoms with Crippen LogP contribution in [0.5, 0.6) is 5.75 Å². The molecule has 0 bridgehead atoms. The second-order valence-electron chi connectivity index (χ2n) is 6.15. The summed E-state index contributed by atoms with van der Waals surface area (Å²) >= 11 is 0. The van der Waals surface area contributed by atoms with E-state index in [1.165, 1.54) is 27.6 Å². The van der Waals surface area contributed by atoms with Crippen molar-refractivity contribution in [3.05, 3.63) is 58.9 Å². The van der Waals surface area contributed by atoms with E-state index in [0.717, 1.165) is 24.5 Å². The second-order valence-corrected chi connectivity index (χ2v) is 6.15. The Hall–Kier alpha value is -2.33. The Morgan fingerprint density at radius 3 is 2.57 bits per heavy atom. The lowest BCUT2D eigenvalue weighted by Crippen LogP contribution is -2.17. The van der Waals surface area contributed by atoms with Crippen molar-refractivity contribution in [3.63, 3.8) is 0 Å². The van der Waals surface area contributed by atoms with Crippen LogP contribution in [0.25, 0.3) is 11.0 Å². The average molecular weight is 309 g/mol. The number of H-pyrrole nitrogens is 1. The maximum atomic E-state index is 5.45. The topological polar surface area (TPSA) is 41.1 Å². The van der Waals surface area contributed by atoms with Gasteiger partial charge in [-0.25, -0.2) is 4.98 Å². The molecule has 0 spiro atoms. The standard InChI is InChI=1S/C19H23N3O/c1-13-9-15(10-14(2)18(13)23-4)11-22(3)12-16-5-7-20-19-17(16)6-8-21-19/h5-10H,11-12H2,1-4H3,(H,20,21). The van der Waals surface area contributed by atoms with Crippen molar-refractivity contribution in [2.24, 2.45) is 0 Å². The number of fused-ring (bicyclic) bond motifs is 1. The highest BCUT2D eigenvalue weighted by molar-refractivity contribution is 5.79. The monoisotopic (exact) mass is 309 g/mol. The molecule has 0 unspecified atom stereocenters. The predicted octanol–water partition coefficient (Wildman–Crippen LogP) is 3.82. The zero-order valence-electron chi connectivity index (χ0n) is 14.2. The fraction of sp³-hybridized carbons (Fsp3) is 0.316. The van der Waals surface area contributed by atoms with Gasteiger partial charge in [0.25, 0.3) is 0 Å². The van der Waals surface area contributed by atoms with Crippen molar-refractivity contribution in [2.75, 3.05) is 14.2 Å². The Labute approximate surface area is 137 Å². The van der Waals surface area contributed by atoms with Crippen LogP contribution in [0, 0.1) is 13.8 Å². The number of aryl methyl sites for hydroxylation is 2. The number of aromatic amines is 1. The molecule has 3 rings (SSSR count). The van der Waals surface area contributed by atoms with Crippen LogP contribution in [0.3, 0.4) is 0 Å². The Bertz CT molecular complexity index is 799. The number of nitrogens with zero attached hydrogens (tertiary/aromatic N) is 2. The third kappa shape index (κ3) is 3.22. The van der Waals surface area contributed by atoms with E-state index in [2.05, 4.69) is 60.0 Å². The molecule has 4 heteroatoms. The molecular weight excluding hydrogens is 286 g/mol. The summed E-state index contributed by atoms with van der Waals surface area (Å²) in [5.74, 6) is 0.986. The summed E-state index contributed by atoms with van der Waals surface area (Å²) in [6.07, 6.45) is 3.81. The highest BCUT2D eigenvalue weighted by Crippen LogP contribution is 2.25. The Morgan fingerprint density at radius 1 is 1.13 bits per heavy atom. The van der Waals surface area contributed by atoms with Gasteiger partial charge in [-0.05, 0) is 55.3 Å². The van der Waals surface area contributed by atoms with Gasteiger partial charge < -0.3 is 9.72 Å². The van der Waals surface area contributed by atoms with Gasteiger partial charge in [-0.2, -0.15) is 0 Å². The van der Waals surface area contributed by atoms with Crippen LogP contribution in [0.1, 0.15) is 22.3 Å². The van der Waals surface area contributed by atoms with E-state index in [1.54, 1.807) is 7.11 Å². The predicted molar refractivity (Wildman–Crippen MR) is 93.7 cm³/mol. The molecule has 2 heterocycles. The van der Waals surface area contributed by atoms with Gasteiger partial charge in [0.1, 0.15) is 11.4 Å². The smallest absolute Gasteiger partial charge is 0.137 e. The minimum absolute atomic E-state index is 0.890. The van der Waals surface area contributed by atoms with Gasteiger partial charge >= 0.3 is 0 Å². The van der Waals surface area contributed by atoms with E-state index in [0.29, 0.717) is 0 Å². The number of nitrogens with one attached hydrogen (secondary N) is 1. The summed E-state index contributed by atoms with van der Waals surface area (Å²) < 4.78 is 5.45. The van der Waals surface area contributed by atoms with E-state index in [9.17, 15) is 0 Å². The van der Waals surface area contributed by atoms with E-state index >= 15 is 0 Å². The molecule has 0 aliphatic heterocycles. The van der Waals surface area contributed by atoms with Crippen LogP contribution >= 0.6 is 0 Å². The molecule has 0 radical (unpaired) electrons. The SMILES string of the molecule is COc1c(C)cc(CN(C)Cc2ccnc3[nH]ccc23)cc1C. The molecule has 1 aromatic carbocycles. The molecule has 0 saturated carbocycles. The largest absolute Gasteiger partial charge is 0.496 e. The van der Waals surface area contributed by atoms with Gasteiger partial charge in [-0.3, -0.25) is 4.90 Å². The molecule has 23 heavy (non-hydrogen) atoms. The minimum Gasteiger partial charge on any atom is -0.496 e. The molecule has 0 fully saturated rings. The summed E-state index contributed by atoms with van der Waals surface area (Å²) in [4.78, 5) is 9.84. The fourth-order valence-electron chi connectivity index (χ4n) is 3.27. The lowest BCUT2D eigenvalue weighted by Gasteiger charge is -2.19. The van der Waals surface area contributed by atoms with Crippen LogP contribution in [0.2, 0.25) is 0 Å². The molecule has 0 saturated heterocycles. The Morgan fingerprint density at radius 2 is 1.87 bits per heavy atom. The summed E-state index contributed by atoms with van der Waals surface area (Å²) in [6.45, 7) is 5.99. The maximum Gasteiger partial charge on any atom is 0.137 e. The third-order valence-electron chi connectivity index (χ3n) is 4.17. The first-order valence-electron chi connectivity index (χ1n) is 7.82. The van der Waals surface area contributed by atoms with Gasteiger partial charge in [-0.15, -0.1) is 0 Å². The van der Waals surface area contributed by atoms with Crippen LogP contribution in [0.15, 0.2) is 36.7 Å². The quantitative estimate of drug-likeness (QED) is 0.779. The highest BCUT2D eigenvalue weighted by atomic mass is 16.5. The van der Waals surface area contributed by atoms with Crippen molar-refractivity contribution in [1.29, 1.82) is 0 Å². The molecule has 0 atom stereocenters. The number of hydrogen-bond donors (Lipinski definition) is 1. The summed E-state index contributed by atoms with van der Waals surface area (Å²) in [6, 6.07) is 8.60. The molecule has 120 valence electrons. The fourth-order valence-corrected chi connectivity index (χ4v) is 3.27. The van der Waals surface area contributed by atoms with Crippen molar-refractivity contribution in [3.8, 4) is 5.75 Å². The van der Waals surface area contributed by atoms with Gasteiger partial charge in [-0.1, -0.05) is 12.1 Å². The van der Waals surface area contributed by atoms with E-state index < -0.39 is 0 Å². The molecule has 2 aromatic heterocycles. The minimum atomic E-state index is 0.890. The van der Waals surface area contributed by atoms with Gasteiger partial charge in [0, 0.05) is 30.9 Å². The van der Waals surface area contributed by atoms with E-state index in [1.807, 2.05) is 12.4 Å². The van der Waals surface area contributed by atoms with E-state index in [4.69, 9.17) is 4.74 Å². The van der Waals surface area contributed by atoms with Crippen LogP contribution < -0.4 is 4.74 Å². The number of pyridine rings is 1. The average Bonchev–Trinajstić information content (AvgIpc) is 2.96. The van der Waals surface area contributed by atoms with Crippen molar-refractivity contribution in [2.45, 2.75) is 26.9 Å². The number of aromatic nitrogens is 2. The summed E-state index contributed by atoms with van der Waals surface area (Å²) in [5, 5.41) is 1.20.